The molecule has 1 heterocycles. The number of ether oxygens (including phenoxy) is 2. The fraction of sp³-hybridized carbons (Fsp3) is 0.147. The van der Waals surface area contributed by atoms with E-state index in [1.807, 2.05) is 60.7 Å². The summed E-state index contributed by atoms with van der Waals surface area (Å²) in [6.07, 6.45) is 1.82. The Hall–Kier alpha value is -5.25. The number of rotatable bonds is 9. The van der Waals surface area contributed by atoms with Gasteiger partial charge in [-0.3, -0.25) is 4.79 Å². The molecule has 2 atom stereocenters. The number of phenolic OH excluding ortho intramolecular Hbond substituents is 1. The molecule has 0 spiro atoms. The van der Waals surface area contributed by atoms with Gasteiger partial charge in [-0.25, -0.2) is 9.59 Å². The van der Waals surface area contributed by atoms with Crippen LogP contribution >= 0.6 is 0 Å². The molecule has 0 saturated heterocycles. The average molecular weight is 579 g/mol. The first-order valence-corrected chi connectivity index (χ1v) is 13.6. The highest BCUT2D eigenvalue weighted by Gasteiger charge is 2.31. The molecule has 0 aliphatic rings. The van der Waals surface area contributed by atoms with Crippen LogP contribution in [-0.2, 0) is 22.4 Å². The maximum absolute atomic E-state index is 13.3. The monoisotopic (exact) mass is 578 g/mol. The number of carbonyl (C=O) groups excluding carboxylic acids is 2. The van der Waals surface area contributed by atoms with Crippen LogP contribution in [0.25, 0.3) is 22.1 Å². The van der Waals surface area contributed by atoms with Crippen LogP contribution in [0.15, 0.2) is 113 Å². The molecule has 5 N–H and O–H groups in total. The van der Waals surface area contributed by atoms with Crippen molar-refractivity contribution in [1.29, 1.82) is 0 Å². The van der Waals surface area contributed by atoms with E-state index >= 15 is 0 Å². The van der Waals surface area contributed by atoms with E-state index in [9.17, 15) is 19.5 Å². The Balaban J connectivity index is 1.29. The fourth-order valence-electron chi connectivity index (χ4n) is 4.63. The second-order valence-electron chi connectivity index (χ2n) is 10.5. The maximum Gasteiger partial charge on any atom is 0.331 e. The van der Waals surface area contributed by atoms with E-state index < -0.39 is 34.7 Å². The fourth-order valence-corrected chi connectivity index (χ4v) is 4.63. The Kier molecular flexibility index (Phi) is 8.38. The Labute approximate surface area is 247 Å². The van der Waals surface area contributed by atoms with E-state index in [4.69, 9.17) is 25.4 Å². The predicted molar refractivity (Wildman–Crippen MR) is 162 cm³/mol. The quantitative estimate of drug-likeness (QED) is 0.169. The summed E-state index contributed by atoms with van der Waals surface area (Å²) < 4.78 is 16.5. The first-order chi connectivity index (χ1) is 20.6. The van der Waals surface area contributed by atoms with Crippen LogP contribution in [0.3, 0.4) is 0 Å². The average Bonchev–Trinajstić information content (AvgIpc) is 2.98. The molecular formula is C34H30N2O7. The van der Waals surface area contributed by atoms with Crippen LogP contribution in [0.1, 0.15) is 18.1 Å². The first kappa shape index (κ1) is 29.2. The topological polar surface area (TPSA) is 155 Å². The summed E-state index contributed by atoms with van der Waals surface area (Å²) in [6.45, 7) is 1.61. The normalized spacial score (nSPS) is 13.2. The summed E-state index contributed by atoms with van der Waals surface area (Å²) in [5.41, 5.74) is 12.9. The number of fused-ring (bicyclic) bond motifs is 1. The van der Waals surface area contributed by atoms with Gasteiger partial charge in [0, 0.05) is 18.6 Å². The number of hydrogen-bond acceptors (Lipinski definition) is 9. The minimum atomic E-state index is -1.25. The molecule has 0 saturated carbocycles. The molecule has 0 bridgehead atoms. The lowest BCUT2D eigenvalue weighted by Gasteiger charge is -2.22. The predicted octanol–water partition coefficient (Wildman–Crippen LogP) is 4.51. The summed E-state index contributed by atoms with van der Waals surface area (Å²) in [4.78, 5) is 38.6. The zero-order valence-corrected chi connectivity index (χ0v) is 23.4. The van der Waals surface area contributed by atoms with Crippen LogP contribution in [0, 0.1) is 0 Å². The molecule has 0 aliphatic carbocycles. The molecule has 0 unspecified atom stereocenters. The van der Waals surface area contributed by atoms with Crippen molar-refractivity contribution >= 4 is 22.9 Å². The number of nitrogens with two attached hydrogens (primary N) is 2. The SMILES string of the molecule is C[C@](N)(Cc1ccccc1)C(=O)Oc1ccc(-c2coc3cc(OC(=O)[C@H](N)Cc4ccccc4)cc(O)c3c2=O)cc1. The molecule has 4 aromatic carbocycles. The standard InChI is InChI=1S/C34H30N2O7/c1-34(36,19-22-10-6-3-7-11-22)33(40)43-24-14-12-23(13-15-24)26-20-41-29-18-25(17-28(37)30(29)31(26)38)42-32(39)27(35)16-21-8-4-2-5-9-21/h2-15,17-18,20,27,37H,16,19,35-36H2,1H3/t27-,34+/m1/s1. The number of aromatic hydroxyl groups is 1. The summed E-state index contributed by atoms with van der Waals surface area (Å²) in [5.74, 6) is -1.48. The highest BCUT2D eigenvalue weighted by molar-refractivity contribution is 5.89. The van der Waals surface area contributed by atoms with E-state index in [1.165, 1.54) is 24.5 Å². The van der Waals surface area contributed by atoms with Gasteiger partial charge in [0.1, 0.15) is 46.1 Å². The van der Waals surface area contributed by atoms with Gasteiger partial charge in [0.2, 0.25) is 5.43 Å². The minimum Gasteiger partial charge on any atom is -0.507 e. The Morgan fingerprint density at radius 2 is 1.51 bits per heavy atom. The smallest absolute Gasteiger partial charge is 0.331 e. The van der Waals surface area contributed by atoms with Crippen molar-refractivity contribution in [2.24, 2.45) is 11.5 Å². The third-order valence-electron chi connectivity index (χ3n) is 6.91. The lowest BCUT2D eigenvalue weighted by atomic mass is 9.94. The Bertz CT molecular complexity index is 1820. The first-order valence-electron chi connectivity index (χ1n) is 13.6. The third-order valence-corrected chi connectivity index (χ3v) is 6.91. The van der Waals surface area contributed by atoms with E-state index in [0.29, 0.717) is 12.0 Å². The largest absolute Gasteiger partial charge is 0.507 e. The van der Waals surface area contributed by atoms with Gasteiger partial charge < -0.3 is 30.5 Å². The summed E-state index contributed by atoms with van der Waals surface area (Å²) in [7, 11) is 0. The Morgan fingerprint density at radius 3 is 2.16 bits per heavy atom. The number of benzene rings is 4. The van der Waals surface area contributed by atoms with E-state index in [-0.39, 0.29) is 34.5 Å². The van der Waals surface area contributed by atoms with Crippen molar-refractivity contribution in [3.8, 4) is 28.4 Å². The lowest BCUT2D eigenvalue weighted by molar-refractivity contribution is -0.140. The van der Waals surface area contributed by atoms with Gasteiger partial charge in [0.15, 0.2) is 0 Å². The molecule has 0 amide bonds. The minimum absolute atomic E-state index is 0.0141. The molecule has 0 fully saturated rings. The molecular weight excluding hydrogens is 548 g/mol. The van der Waals surface area contributed by atoms with E-state index in [2.05, 4.69) is 0 Å². The Morgan fingerprint density at radius 1 is 0.884 bits per heavy atom. The van der Waals surface area contributed by atoms with Gasteiger partial charge in [-0.15, -0.1) is 0 Å². The van der Waals surface area contributed by atoms with Gasteiger partial charge >= 0.3 is 11.9 Å². The third kappa shape index (κ3) is 6.81. The summed E-state index contributed by atoms with van der Waals surface area (Å²) in [6, 6.07) is 26.5. The van der Waals surface area contributed by atoms with Crippen LogP contribution in [-0.4, -0.2) is 28.6 Å². The highest BCUT2D eigenvalue weighted by Crippen LogP contribution is 2.31. The van der Waals surface area contributed by atoms with Crippen molar-refractivity contribution in [3.63, 3.8) is 0 Å². The van der Waals surface area contributed by atoms with Crippen molar-refractivity contribution in [3.05, 3.63) is 125 Å². The zero-order valence-electron chi connectivity index (χ0n) is 23.4. The molecule has 5 rings (SSSR count). The van der Waals surface area contributed by atoms with Crippen LogP contribution in [0.5, 0.6) is 17.2 Å². The van der Waals surface area contributed by atoms with Gasteiger partial charge in [-0.2, -0.15) is 0 Å². The van der Waals surface area contributed by atoms with Gasteiger partial charge in [0.05, 0.1) is 5.56 Å². The van der Waals surface area contributed by atoms with Gasteiger partial charge in [-0.05, 0) is 42.2 Å². The van der Waals surface area contributed by atoms with Crippen molar-refractivity contribution < 1.29 is 28.6 Å². The second kappa shape index (κ2) is 12.3. The van der Waals surface area contributed by atoms with E-state index in [0.717, 1.165) is 17.2 Å². The summed E-state index contributed by atoms with van der Waals surface area (Å²) >= 11 is 0. The van der Waals surface area contributed by atoms with Crippen molar-refractivity contribution in [2.75, 3.05) is 0 Å². The van der Waals surface area contributed by atoms with Gasteiger partial charge in [-0.1, -0.05) is 72.8 Å². The van der Waals surface area contributed by atoms with Crippen LogP contribution in [0.2, 0.25) is 0 Å². The molecule has 43 heavy (non-hydrogen) atoms. The zero-order chi connectivity index (χ0) is 30.6. The molecule has 218 valence electrons. The number of hydrogen-bond donors (Lipinski definition) is 3. The molecule has 9 nitrogen and oxygen atoms in total. The van der Waals surface area contributed by atoms with E-state index in [1.54, 1.807) is 19.1 Å². The maximum atomic E-state index is 13.3. The summed E-state index contributed by atoms with van der Waals surface area (Å²) in [5, 5.41) is 10.6. The number of esters is 2. The molecule has 0 aliphatic heterocycles. The highest BCUT2D eigenvalue weighted by atomic mass is 16.5. The number of phenols is 1. The van der Waals surface area contributed by atoms with Crippen molar-refractivity contribution in [2.45, 2.75) is 31.3 Å². The lowest BCUT2D eigenvalue weighted by Crippen LogP contribution is -2.49. The van der Waals surface area contributed by atoms with Gasteiger partial charge in [0.25, 0.3) is 0 Å². The number of carbonyl (C=O) groups is 2. The molecule has 0 radical (unpaired) electrons. The molecule has 1 aromatic heterocycles. The van der Waals surface area contributed by atoms with Crippen LogP contribution in [0.4, 0.5) is 0 Å². The molecule has 9 heteroatoms. The second-order valence-corrected chi connectivity index (χ2v) is 10.5. The van der Waals surface area contributed by atoms with Crippen molar-refractivity contribution in [1.82, 2.24) is 0 Å². The van der Waals surface area contributed by atoms with Crippen LogP contribution < -0.4 is 26.4 Å². The molecule has 5 aromatic rings.